The Morgan fingerprint density at radius 2 is 2.26 bits per heavy atom. The SMILES string of the molecule is COC(=O)c1cccc(C2CCN(CC(C)C)C2)c1. The van der Waals surface area contributed by atoms with E-state index < -0.39 is 0 Å². The summed E-state index contributed by atoms with van der Waals surface area (Å²) in [6, 6.07) is 7.87. The van der Waals surface area contributed by atoms with Gasteiger partial charge >= 0.3 is 5.97 Å². The average Bonchev–Trinajstić information content (AvgIpc) is 2.85. The second-order valence-electron chi connectivity index (χ2n) is 5.76. The summed E-state index contributed by atoms with van der Waals surface area (Å²) in [6.45, 7) is 7.93. The van der Waals surface area contributed by atoms with Gasteiger partial charge in [0, 0.05) is 13.1 Å². The number of methoxy groups -OCH3 is 1. The number of carbonyl (C=O) groups is 1. The third kappa shape index (κ3) is 3.57. The lowest BCUT2D eigenvalue weighted by molar-refractivity contribution is 0.0600. The number of esters is 1. The van der Waals surface area contributed by atoms with Gasteiger partial charge in [0.1, 0.15) is 0 Å². The molecule has 19 heavy (non-hydrogen) atoms. The minimum atomic E-state index is -0.251. The Bertz CT molecular complexity index is 442. The first-order valence-electron chi connectivity index (χ1n) is 7.00. The molecule has 1 aliphatic heterocycles. The van der Waals surface area contributed by atoms with Crippen molar-refractivity contribution < 1.29 is 9.53 Å². The highest BCUT2D eigenvalue weighted by Crippen LogP contribution is 2.28. The number of likely N-dealkylation sites (tertiary alicyclic amines) is 1. The molecule has 2 rings (SSSR count). The topological polar surface area (TPSA) is 29.5 Å². The van der Waals surface area contributed by atoms with Gasteiger partial charge in [-0.25, -0.2) is 4.79 Å². The molecule has 0 amide bonds. The summed E-state index contributed by atoms with van der Waals surface area (Å²) in [5, 5.41) is 0. The van der Waals surface area contributed by atoms with Gasteiger partial charge in [-0.05, 0) is 42.5 Å². The van der Waals surface area contributed by atoms with Crippen molar-refractivity contribution in [3.05, 3.63) is 35.4 Å². The molecule has 0 aromatic heterocycles. The molecular formula is C16H23NO2. The molecule has 3 nitrogen and oxygen atoms in total. The Hall–Kier alpha value is -1.35. The lowest BCUT2D eigenvalue weighted by Crippen LogP contribution is -2.24. The van der Waals surface area contributed by atoms with Crippen LogP contribution in [0.1, 0.15) is 42.1 Å². The van der Waals surface area contributed by atoms with Crippen LogP contribution in [0.25, 0.3) is 0 Å². The van der Waals surface area contributed by atoms with Crippen molar-refractivity contribution >= 4 is 5.97 Å². The summed E-state index contributed by atoms with van der Waals surface area (Å²) in [7, 11) is 1.43. The summed E-state index contributed by atoms with van der Waals surface area (Å²) in [4.78, 5) is 14.1. The molecular weight excluding hydrogens is 238 g/mol. The molecule has 1 aromatic rings. The van der Waals surface area contributed by atoms with Crippen LogP contribution in [0, 0.1) is 5.92 Å². The van der Waals surface area contributed by atoms with Gasteiger partial charge in [0.2, 0.25) is 0 Å². The van der Waals surface area contributed by atoms with Gasteiger partial charge < -0.3 is 9.64 Å². The molecule has 0 aliphatic carbocycles. The number of ether oxygens (including phenoxy) is 1. The summed E-state index contributed by atoms with van der Waals surface area (Å²) >= 11 is 0. The maximum Gasteiger partial charge on any atom is 0.337 e. The molecule has 1 atom stereocenters. The van der Waals surface area contributed by atoms with Crippen molar-refractivity contribution in [1.29, 1.82) is 0 Å². The minimum Gasteiger partial charge on any atom is -0.465 e. The van der Waals surface area contributed by atoms with Crippen LogP contribution >= 0.6 is 0 Å². The van der Waals surface area contributed by atoms with Crippen LogP contribution in [0.2, 0.25) is 0 Å². The van der Waals surface area contributed by atoms with Crippen LogP contribution in [-0.2, 0) is 4.74 Å². The number of benzene rings is 1. The molecule has 1 heterocycles. The van der Waals surface area contributed by atoms with Crippen molar-refractivity contribution in [2.24, 2.45) is 5.92 Å². The molecule has 0 spiro atoms. The predicted octanol–water partition coefficient (Wildman–Crippen LogP) is 2.92. The minimum absolute atomic E-state index is 0.251. The summed E-state index contributed by atoms with van der Waals surface area (Å²) < 4.78 is 4.78. The largest absolute Gasteiger partial charge is 0.465 e. The van der Waals surface area contributed by atoms with E-state index >= 15 is 0 Å². The zero-order valence-corrected chi connectivity index (χ0v) is 12.1. The zero-order chi connectivity index (χ0) is 13.8. The Morgan fingerprint density at radius 1 is 1.47 bits per heavy atom. The number of nitrogens with zero attached hydrogens (tertiary/aromatic N) is 1. The maximum absolute atomic E-state index is 11.6. The van der Waals surface area contributed by atoms with Gasteiger partial charge in [-0.1, -0.05) is 26.0 Å². The lowest BCUT2D eigenvalue weighted by atomic mass is 9.96. The fraction of sp³-hybridized carbons (Fsp3) is 0.562. The first-order chi connectivity index (χ1) is 9.10. The summed E-state index contributed by atoms with van der Waals surface area (Å²) in [5.41, 5.74) is 1.91. The third-order valence-corrected chi connectivity index (χ3v) is 3.67. The van der Waals surface area contributed by atoms with E-state index in [9.17, 15) is 4.79 Å². The molecule has 1 fully saturated rings. The molecule has 0 radical (unpaired) electrons. The van der Waals surface area contributed by atoms with Gasteiger partial charge in [0.15, 0.2) is 0 Å². The van der Waals surface area contributed by atoms with Crippen molar-refractivity contribution in [3.8, 4) is 0 Å². The molecule has 1 saturated heterocycles. The Balaban J connectivity index is 2.05. The molecule has 0 bridgehead atoms. The number of hydrogen-bond acceptors (Lipinski definition) is 3. The maximum atomic E-state index is 11.6. The van der Waals surface area contributed by atoms with Gasteiger partial charge in [0.05, 0.1) is 12.7 Å². The monoisotopic (exact) mass is 261 g/mol. The Kier molecular flexibility index (Phi) is 4.59. The van der Waals surface area contributed by atoms with Crippen molar-refractivity contribution in [2.45, 2.75) is 26.2 Å². The molecule has 1 unspecified atom stereocenters. The van der Waals surface area contributed by atoms with E-state index in [2.05, 4.69) is 24.8 Å². The van der Waals surface area contributed by atoms with E-state index in [0.717, 1.165) is 19.6 Å². The average molecular weight is 261 g/mol. The standard InChI is InChI=1S/C16H23NO2/c1-12(2)10-17-8-7-15(11-17)13-5-4-6-14(9-13)16(18)19-3/h4-6,9,12,15H,7-8,10-11H2,1-3H3. The van der Waals surface area contributed by atoms with E-state index in [1.54, 1.807) is 0 Å². The van der Waals surface area contributed by atoms with E-state index in [1.807, 2.05) is 18.2 Å². The first kappa shape index (κ1) is 14.1. The van der Waals surface area contributed by atoms with Gasteiger partial charge in [-0.2, -0.15) is 0 Å². The van der Waals surface area contributed by atoms with Crippen LogP contribution < -0.4 is 0 Å². The highest BCUT2D eigenvalue weighted by atomic mass is 16.5. The Morgan fingerprint density at radius 3 is 2.95 bits per heavy atom. The smallest absolute Gasteiger partial charge is 0.337 e. The third-order valence-electron chi connectivity index (χ3n) is 3.67. The van der Waals surface area contributed by atoms with Crippen molar-refractivity contribution in [1.82, 2.24) is 4.90 Å². The van der Waals surface area contributed by atoms with E-state index in [1.165, 1.54) is 19.1 Å². The first-order valence-corrected chi connectivity index (χ1v) is 7.00. The van der Waals surface area contributed by atoms with Gasteiger partial charge in [0.25, 0.3) is 0 Å². The van der Waals surface area contributed by atoms with Crippen molar-refractivity contribution in [3.63, 3.8) is 0 Å². The van der Waals surface area contributed by atoms with Crippen LogP contribution in [0.15, 0.2) is 24.3 Å². The highest BCUT2D eigenvalue weighted by Gasteiger charge is 2.24. The van der Waals surface area contributed by atoms with Crippen LogP contribution in [-0.4, -0.2) is 37.6 Å². The molecule has 0 N–H and O–H groups in total. The molecule has 0 saturated carbocycles. The van der Waals surface area contributed by atoms with Crippen LogP contribution in [0.4, 0.5) is 0 Å². The summed E-state index contributed by atoms with van der Waals surface area (Å²) in [5.74, 6) is 1.00. The lowest BCUT2D eigenvalue weighted by Gasteiger charge is -2.18. The normalized spacial score (nSPS) is 19.9. The number of hydrogen-bond donors (Lipinski definition) is 0. The van der Waals surface area contributed by atoms with Gasteiger partial charge in [-0.15, -0.1) is 0 Å². The molecule has 1 aromatic carbocycles. The fourth-order valence-corrected chi connectivity index (χ4v) is 2.82. The van der Waals surface area contributed by atoms with E-state index in [4.69, 9.17) is 4.74 Å². The molecule has 104 valence electrons. The van der Waals surface area contributed by atoms with E-state index in [0.29, 0.717) is 17.4 Å². The number of carbonyl (C=O) groups excluding carboxylic acids is 1. The Labute approximate surface area is 115 Å². The second-order valence-corrected chi connectivity index (χ2v) is 5.76. The van der Waals surface area contributed by atoms with Crippen LogP contribution in [0.3, 0.4) is 0 Å². The zero-order valence-electron chi connectivity index (χ0n) is 12.1. The van der Waals surface area contributed by atoms with Crippen molar-refractivity contribution in [2.75, 3.05) is 26.7 Å². The van der Waals surface area contributed by atoms with Gasteiger partial charge in [-0.3, -0.25) is 0 Å². The summed E-state index contributed by atoms with van der Waals surface area (Å²) in [6.07, 6.45) is 1.18. The highest BCUT2D eigenvalue weighted by molar-refractivity contribution is 5.89. The molecule has 3 heteroatoms. The van der Waals surface area contributed by atoms with E-state index in [-0.39, 0.29) is 5.97 Å². The second kappa shape index (κ2) is 6.20. The quantitative estimate of drug-likeness (QED) is 0.780. The predicted molar refractivity (Wildman–Crippen MR) is 76.4 cm³/mol. The number of rotatable bonds is 4. The van der Waals surface area contributed by atoms with Crippen LogP contribution in [0.5, 0.6) is 0 Å². The molecule has 1 aliphatic rings. The fourth-order valence-electron chi connectivity index (χ4n) is 2.82.